The van der Waals surface area contributed by atoms with Gasteiger partial charge in [0.25, 0.3) is 0 Å². The Morgan fingerprint density at radius 2 is 2.18 bits per heavy atom. The lowest BCUT2D eigenvalue weighted by Gasteiger charge is -1.99. The van der Waals surface area contributed by atoms with Crippen LogP contribution in [0.3, 0.4) is 0 Å². The van der Waals surface area contributed by atoms with E-state index in [0.717, 1.165) is 8.04 Å². The highest BCUT2D eigenvalue weighted by Crippen LogP contribution is 2.24. The van der Waals surface area contributed by atoms with Crippen LogP contribution in [0.5, 0.6) is 0 Å². The van der Waals surface area contributed by atoms with Crippen molar-refractivity contribution < 1.29 is 0 Å². The van der Waals surface area contributed by atoms with Crippen LogP contribution < -0.4 is 5.73 Å². The largest absolute Gasteiger partial charge is 0.398 e. The van der Waals surface area contributed by atoms with Crippen molar-refractivity contribution >= 4 is 44.2 Å². The van der Waals surface area contributed by atoms with E-state index >= 15 is 0 Å². The Kier molecular flexibility index (Phi) is 2.73. The van der Waals surface area contributed by atoms with Crippen molar-refractivity contribution in [2.75, 3.05) is 5.73 Å². The van der Waals surface area contributed by atoms with Gasteiger partial charge in [-0.15, -0.1) is 0 Å². The second-order valence-electron chi connectivity index (χ2n) is 1.97. The van der Waals surface area contributed by atoms with Crippen molar-refractivity contribution in [2.45, 2.75) is 0 Å². The minimum atomic E-state index is 0.572. The molecule has 0 aromatic heterocycles. The zero-order valence-corrected chi connectivity index (χ0v) is 9.18. The topological polar surface area (TPSA) is 49.8 Å². The molecule has 0 aliphatic carbocycles. The van der Waals surface area contributed by atoms with Crippen LogP contribution in [0.15, 0.2) is 16.6 Å². The average molecular weight is 323 g/mol. The molecular weight excluding hydrogens is 319 g/mol. The molecule has 0 bridgehead atoms. The van der Waals surface area contributed by atoms with E-state index in [1.807, 2.05) is 12.1 Å². The number of nitriles is 1. The summed E-state index contributed by atoms with van der Waals surface area (Å²) in [5, 5.41) is 8.60. The van der Waals surface area contributed by atoms with E-state index in [4.69, 9.17) is 11.0 Å². The van der Waals surface area contributed by atoms with Gasteiger partial charge in [0.2, 0.25) is 0 Å². The molecule has 0 atom stereocenters. The fourth-order valence-corrected chi connectivity index (χ4v) is 1.98. The summed E-state index contributed by atoms with van der Waals surface area (Å²) < 4.78 is 1.74. The van der Waals surface area contributed by atoms with Crippen LogP contribution in [0.4, 0.5) is 5.69 Å². The van der Waals surface area contributed by atoms with Crippen LogP contribution in [-0.4, -0.2) is 0 Å². The number of hydrogen-bond acceptors (Lipinski definition) is 2. The van der Waals surface area contributed by atoms with Crippen molar-refractivity contribution in [3.05, 3.63) is 25.7 Å². The Hall–Kier alpha value is -0.280. The summed E-state index contributed by atoms with van der Waals surface area (Å²) in [6.07, 6.45) is 0. The summed E-state index contributed by atoms with van der Waals surface area (Å²) >= 11 is 5.38. The summed E-state index contributed by atoms with van der Waals surface area (Å²) in [6.45, 7) is 0. The first kappa shape index (κ1) is 8.81. The highest BCUT2D eigenvalue weighted by Gasteiger charge is 2.02. The lowest BCUT2D eigenvalue weighted by atomic mass is 10.2. The van der Waals surface area contributed by atoms with Crippen molar-refractivity contribution in [2.24, 2.45) is 0 Å². The summed E-state index contributed by atoms with van der Waals surface area (Å²) in [6, 6.07) is 5.52. The summed E-state index contributed by atoms with van der Waals surface area (Å²) in [7, 11) is 0. The second kappa shape index (κ2) is 3.41. The highest BCUT2D eigenvalue weighted by molar-refractivity contribution is 14.1. The van der Waals surface area contributed by atoms with Crippen molar-refractivity contribution in [3.63, 3.8) is 0 Å². The third-order valence-electron chi connectivity index (χ3n) is 1.21. The molecular formula is C7H4BrIN2. The maximum Gasteiger partial charge on any atom is 0.100 e. The van der Waals surface area contributed by atoms with E-state index in [1.54, 1.807) is 6.07 Å². The zero-order valence-electron chi connectivity index (χ0n) is 5.44. The van der Waals surface area contributed by atoms with Gasteiger partial charge in [-0.25, -0.2) is 0 Å². The smallest absolute Gasteiger partial charge is 0.100 e. The number of hydrogen-bond donors (Lipinski definition) is 1. The maximum absolute atomic E-state index is 8.60. The van der Waals surface area contributed by atoms with Crippen molar-refractivity contribution in [3.8, 4) is 6.07 Å². The molecule has 56 valence electrons. The van der Waals surface area contributed by atoms with Crippen molar-refractivity contribution in [1.82, 2.24) is 0 Å². The van der Waals surface area contributed by atoms with Crippen LogP contribution in [0.25, 0.3) is 0 Å². The van der Waals surface area contributed by atoms with Gasteiger partial charge in [0.05, 0.1) is 5.56 Å². The molecule has 2 N–H and O–H groups in total. The third kappa shape index (κ3) is 1.84. The van der Waals surface area contributed by atoms with Gasteiger partial charge in [0.15, 0.2) is 0 Å². The Morgan fingerprint density at radius 1 is 1.55 bits per heavy atom. The standard InChI is InChI=1S/C7H4BrIN2/c8-5-2-6(9)7(11)1-4(5)3-10/h1-2H,11H2. The molecule has 1 aromatic rings. The van der Waals surface area contributed by atoms with Crippen molar-refractivity contribution in [1.29, 1.82) is 5.26 Å². The first-order chi connectivity index (χ1) is 5.15. The van der Waals surface area contributed by atoms with E-state index in [2.05, 4.69) is 38.5 Å². The summed E-state index contributed by atoms with van der Waals surface area (Å²) in [5.74, 6) is 0. The normalized spacial score (nSPS) is 9.18. The molecule has 0 spiro atoms. The fourth-order valence-electron chi connectivity index (χ4n) is 0.651. The molecule has 0 radical (unpaired) electrons. The van der Waals surface area contributed by atoms with Crippen LogP contribution >= 0.6 is 38.5 Å². The molecule has 0 aliphatic heterocycles. The first-order valence-corrected chi connectivity index (χ1v) is 4.67. The monoisotopic (exact) mass is 322 g/mol. The maximum atomic E-state index is 8.60. The molecule has 1 aromatic carbocycles. The van der Waals surface area contributed by atoms with Crippen LogP contribution in [0.1, 0.15) is 5.56 Å². The predicted octanol–water partition coefficient (Wildman–Crippen LogP) is 2.51. The number of rotatable bonds is 0. The van der Waals surface area contributed by atoms with E-state index in [1.165, 1.54) is 0 Å². The summed E-state index contributed by atoms with van der Waals surface area (Å²) in [4.78, 5) is 0. The first-order valence-electron chi connectivity index (χ1n) is 2.79. The Bertz CT molecular complexity index is 330. The van der Waals surface area contributed by atoms with Gasteiger partial charge in [0, 0.05) is 13.7 Å². The van der Waals surface area contributed by atoms with Gasteiger partial charge < -0.3 is 5.73 Å². The lowest BCUT2D eigenvalue weighted by Crippen LogP contribution is -1.90. The molecule has 0 saturated heterocycles. The molecule has 11 heavy (non-hydrogen) atoms. The minimum Gasteiger partial charge on any atom is -0.398 e. The molecule has 0 fully saturated rings. The quantitative estimate of drug-likeness (QED) is 0.589. The van der Waals surface area contributed by atoms with Gasteiger partial charge >= 0.3 is 0 Å². The molecule has 2 nitrogen and oxygen atoms in total. The van der Waals surface area contributed by atoms with Gasteiger partial charge in [0.1, 0.15) is 6.07 Å². The number of anilines is 1. The minimum absolute atomic E-state index is 0.572. The third-order valence-corrected chi connectivity index (χ3v) is 2.80. The highest BCUT2D eigenvalue weighted by atomic mass is 127. The van der Waals surface area contributed by atoms with Crippen LogP contribution in [0.2, 0.25) is 0 Å². The summed E-state index contributed by atoms with van der Waals surface area (Å²) in [5.41, 5.74) is 6.80. The molecule has 0 aliphatic rings. The van der Waals surface area contributed by atoms with Crippen LogP contribution in [0, 0.1) is 14.9 Å². The zero-order chi connectivity index (χ0) is 8.43. The molecule has 0 heterocycles. The Morgan fingerprint density at radius 3 is 2.73 bits per heavy atom. The molecule has 0 saturated carbocycles. The molecule has 1 rings (SSSR count). The van der Waals surface area contributed by atoms with E-state index < -0.39 is 0 Å². The second-order valence-corrected chi connectivity index (χ2v) is 3.98. The number of benzene rings is 1. The fraction of sp³-hybridized carbons (Fsp3) is 0. The van der Waals surface area contributed by atoms with Gasteiger partial charge in [-0.2, -0.15) is 5.26 Å². The van der Waals surface area contributed by atoms with Crippen LogP contribution in [-0.2, 0) is 0 Å². The number of nitrogens with two attached hydrogens (primary N) is 1. The van der Waals surface area contributed by atoms with E-state index in [9.17, 15) is 0 Å². The number of nitrogen functional groups attached to an aromatic ring is 1. The van der Waals surface area contributed by atoms with Gasteiger partial charge in [-0.1, -0.05) is 0 Å². The molecule has 4 heteroatoms. The Balaban J connectivity index is 3.35. The molecule has 0 amide bonds. The van der Waals surface area contributed by atoms with Gasteiger partial charge in [-0.3, -0.25) is 0 Å². The molecule has 0 unspecified atom stereocenters. The number of nitrogens with zero attached hydrogens (tertiary/aromatic N) is 1. The number of halogens is 2. The average Bonchev–Trinajstić information content (AvgIpc) is 1.97. The Labute approximate surface area is 86.7 Å². The SMILES string of the molecule is N#Cc1cc(N)c(I)cc1Br. The lowest BCUT2D eigenvalue weighted by molar-refractivity contribution is 1.45. The predicted molar refractivity (Wildman–Crippen MR) is 56.0 cm³/mol. The van der Waals surface area contributed by atoms with E-state index in [0.29, 0.717) is 11.3 Å². The van der Waals surface area contributed by atoms with E-state index in [-0.39, 0.29) is 0 Å². The van der Waals surface area contributed by atoms with Gasteiger partial charge in [-0.05, 0) is 50.7 Å².